The highest BCUT2D eigenvalue weighted by Crippen LogP contribution is 2.20. The summed E-state index contributed by atoms with van der Waals surface area (Å²) in [7, 11) is 0. The number of nitrogens with two attached hydrogens (primary N) is 1. The molecule has 3 nitrogen and oxygen atoms in total. The lowest BCUT2D eigenvalue weighted by Gasteiger charge is -2.05. The molecule has 0 aromatic heterocycles. The molecule has 0 aliphatic carbocycles. The Balaban J connectivity index is 1.89. The lowest BCUT2D eigenvalue weighted by atomic mass is 10.0. The van der Waals surface area contributed by atoms with Crippen LogP contribution in [0, 0.1) is 0 Å². The van der Waals surface area contributed by atoms with Crippen molar-refractivity contribution in [3.63, 3.8) is 0 Å². The summed E-state index contributed by atoms with van der Waals surface area (Å²) in [6, 6.07) is 28.1. The van der Waals surface area contributed by atoms with E-state index in [1.807, 2.05) is 66.7 Å². The minimum Gasteiger partial charge on any atom is -0.321 e. The lowest BCUT2D eigenvalue weighted by molar-refractivity contribution is 1.23. The van der Waals surface area contributed by atoms with Crippen LogP contribution in [0.4, 0.5) is 0 Å². The highest BCUT2D eigenvalue weighted by atomic mass is 15.2. The predicted octanol–water partition coefficient (Wildman–Crippen LogP) is 4.09. The molecule has 3 aromatic rings. The number of hydrogen-bond donors (Lipinski definition) is 1. The second-order valence-corrected chi connectivity index (χ2v) is 5.07. The van der Waals surface area contributed by atoms with Crippen molar-refractivity contribution in [2.75, 3.05) is 0 Å². The van der Waals surface area contributed by atoms with E-state index >= 15 is 0 Å². The molecule has 2 N–H and O–H groups in total. The van der Waals surface area contributed by atoms with Gasteiger partial charge in [0.25, 0.3) is 0 Å². The van der Waals surface area contributed by atoms with Crippen molar-refractivity contribution in [1.29, 1.82) is 0 Å². The first-order chi connectivity index (χ1) is 11.4. The normalized spacial score (nSPS) is 11.7. The van der Waals surface area contributed by atoms with Gasteiger partial charge in [0, 0.05) is 11.8 Å². The van der Waals surface area contributed by atoms with Gasteiger partial charge in [0.15, 0.2) is 5.84 Å². The highest BCUT2D eigenvalue weighted by Gasteiger charge is 2.04. The van der Waals surface area contributed by atoms with Crippen molar-refractivity contribution < 1.29 is 0 Å². The van der Waals surface area contributed by atoms with E-state index < -0.39 is 0 Å². The van der Waals surface area contributed by atoms with E-state index in [2.05, 4.69) is 28.3 Å². The Morgan fingerprint density at radius 1 is 0.739 bits per heavy atom. The molecular formula is C20H17N3. The van der Waals surface area contributed by atoms with E-state index in [1.54, 1.807) is 6.21 Å². The van der Waals surface area contributed by atoms with Gasteiger partial charge in [-0.15, -0.1) is 0 Å². The number of hydrazone groups is 1. The van der Waals surface area contributed by atoms with E-state index in [0.717, 1.165) is 22.3 Å². The Morgan fingerprint density at radius 2 is 1.39 bits per heavy atom. The molecule has 3 rings (SSSR count). The lowest BCUT2D eigenvalue weighted by Crippen LogP contribution is -2.02. The zero-order valence-electron chi connectivity index (χ0n) is 12.6. The molecule has 112 valence electrons. The first-order valence-corrected chi connectivity index (χ1v) is 7.40. The van der Waals surface area contributed by atoms with Gasteiger partial charge in [-0.05, 0) is 22.8 Å². The molecule has 3 aromatic carbocycles. The molecule has 0 heterocycles. The van der Waals surface area contributed by atoms with Crippen LogP contribution in [0.3, 0.4) is 0 Å². The third-order valence-corrected chi connectivity index (χ3v) is 3.49. The minimum atomic E-state index is 0.506. The molecule has 23 heavy (non-hydrogen) atoms. The molecule has 0 radical (unpaired) electrons. The van der Waals surface area contributed by atoms with Crippen LogP contribution < -0.4 is 5.84 Å². The maximum Gasteiger partial charge on any atom is 0.178 e. The van der Waals surface area contributed by atoms with Gasteiger partial charge in [-0.25, -0.2) is 4.99 Å². The van der Waals surface area contributed by atoms with Crippen molar-refractivity contribution in [2.45, 2.75) is 0 Å². The Bertz CT molecular complexity index is 822. The van der Waals surface area contributed by atoms with E-state index in [4.69, 9.17) is 5.84 Å². The molecule has 0 saturated carbocycles. The van der Waals surface area contributed by atoms with Crippen LogP contribution in [-0.4, -0.2) is 12.1 Å². The van der Waals surface area contributed by atoms with Crippen LogP contribution in [0.2, 0.25) is 0 Å². The zero-order chi connectivity index (χ0) is 15.9. The van der Waals surface area contributed by atoms with E-state index in [1.165, 1.54) is 0 Å². The Morgan fingerprint density at radius 3 is 2.09 bits per heavy atom. The van der Waals surface area contributed by atoms with E-state index in [9.17, 15) is 0 Å². The van der Waals surface area contributed by atoms with Gasteiger partial charge in [-0.2, -0.15) is 5.10 Å². The molecular weight excluding hydrogens is 282 g/mol. The van der Waals surface area contributed by atoms with Crippen molar-refractivity contribution >= 4 is 12.1 Å². The first kappa shape index (κ1) is 14.7. The summed E-state index contributed by atoms with van der Waals surface area (Å²) in [6.07, 6.45) is 1.76. The molecule has 0 amide bonds. The molecule has 0 atom stereocenters. The van der Waals surface area contributed by atoms with Gasteiger partial charge in [-0.3, -0.25) is 0 Å². The number of aliphatic imine (C=N–C) groups is 1. The van der Waals surface area contributed by atoms with Crippen LogP contribution in [0.1, 0.15) is 11.1 Å². The summed E-state index contributed by atoms with van der Waals surface area (Å²) >= 11 is 0. The SMILES string of the molecule is N/N=C(\N=C\c1ccccc1)c1cccc(-c2ccccc2)c1. The fourth-order valence-corrected chi connectivity index (χ4v) is 2.33. The number of amidine groups is 1. The number of hydrogen-bond acceptors (Lipinski definition) is 2. The fourth-order valence-electron chi connectivity index (χ4n) is 2.33. The highest BCUT2D eigenvalue weighted by molar-refractivity contribution is 6.05. The van der Waals surface area contributed by atoms with Gasteiger partial charge in [0.05, 0.1) is 0 Å². The molecule has 3 heteroatoms. The summed E-state index contributed by atoms with van der Waals surface area (Å²) in [5.74, 6) is 6.04. The number of rotatable bonds is 3. The van der Waals surface area contributed by atoms with Crippen molar-refractivity contribution in [2.24, 2.45) is 15.9 Å². The van der Waals surface area contributed by atoms with E-state index in [0.29, 0.717) is 5.84 Å². The summed E-state index contributed by atoms with van der Waals surface area (Å²) in [4.78, 5) is 4.42. The minimum absolute atomic E-state index is 0.506. The maximum absolute atomic E-state index is 5.53. The van der Waals surface area contributed by atoms with Gasteiger partial charge in [-0.1, -0.05) is 78.9 Å². The smallest absolute Gasteiger partial charge is 0.178 e. The molecule has 0 aliphatic rings. The Kier molecular flexibility index (Phi) is 4.60. The van der Waals surface area contributed by atoms with Crippen molar-refractivity contribution in [3.8, 4) is 11.1 Å². The zero-order valence-corrected chi connectivity index (χ0v) is 12.6. The van der Waals surface area contributed by atoms with E-state index in [-0.39, 0.29) is 0 Å². The van der Waals surface area contributed by atoms with Crippen LogP contribution in [0.5, 0.6) is 0 Å². The standard InChI is InChI=1S/C20H17N3/c21-23-20(22-15-16-8-3-1-4-9-16)19-13-7-12-18(14-19)17-10-5-2-6-11-17/h1-15H,21H2/b22-15+,23-20-. The molecule has 0 spiro atoms. The third kappa shape index (κ3) is 3.71. The largest absolute Gasteiger partial charge is 0.321 e. The third-order valence-electron chi connectivity index (χ3n) is 3.49. The second kappa shape index (κ2) is 7.18. The molecule has 0 bridgehead atoms. The second-order valence-electron chi connectivity index (χ2n) is 5.07. The van der Waals surface area contributed by atoms with Crippen LogP contribution in [0.25, 0.3) is 11.1 Å². The predicted molar refractivity (Wildman–Crippen MR) is 96.6 cm³/mol. The fraction of sp³-hybridized carbons (Fsp3) is 0. The first-order valence-electron chi connectivity index (χ1n) is 7.40. The monoisotopic (exact) mass is 299 g/mol. The van der Waals surface area contributed by atoms with Gasteiger partial charge >= 0.3 is 0 Å². The number of benzene rings is 3. The van der Waals surface area contributed by atoms with Crippen LogP contribution in [-0.2, 0) is 0 Å². The summed E-state index contributed by atoms with van der Waals surface area (Å²) in [5.41, 5.74) is 4.16. The average Bonchev–Trinajstić information content (AvgIpc) is 2.64. The maximum atomic E-state index is 5.53. The van der Waals surface area contributed by atoms with Gasteiger partial charge in [0.1, 0.15) is 0 Å². The van der Waals surface area contributed by atoms with Crippen LogP contribution in [0.15, 0.2) is 95.0 Å². The van der Waals surface area contributed by atoms with Gasteiger partial charge in [0.2, 0.25) is 0 Å². The average molecular weight is 299 g/mol. The van der Waals surface area contributed by atoms with Crippen molar-refractivity contribution in [1.82, 2.24) is 0 Å². The topological polar surface area (TPSA) is 50.7 Å². The molecule has 0 unspecified atom stereocenters. The molecule has 0 aliphatic heterocycles. The van der Waals surface area contributed by atoms with Crippen molar-refractivity contribution in [3.05, 3.63) is 96.1 Å². The Labute approximate surface area is 135 Å². The molecule has 0 fully saturated rings. The number of nitrogens with zero attached hydrogens (tertiary/aromatic N) is 2. The van der Waals surface area contributed by atoms with Gasteiger partial charge < -0.3 is 5.84 Å². The summed E-state index contributed by atoms with van der Waals surface area (Å²) in [5, 5.41) is 3.83. The molecule has 0 saturated heterocycles. The quantitative estimate of drug-likeness (QED) is 0.337. The Hall–Kier alpha value is -3.20. The summed E-state index contributed by atoms with van der Waals surface area (Å²) < 4.78 is 0. The van der Waals surface area contributed by atoms with Crippen LogP contribution >= 0.6 is 0 Å². The summed E-state index contributed by atoms with van der Waals surface area (Å²) in [6.45, 7) is 0.